The molecule has 0 saturated heterocycles. The highest BCUT2D eigenvalue weighted by atomic mass is 16.4. The molecule has 168 valence electrons. The van der Waals surface area contributed by atoms with Gasteiger partial charge in [-0.25, -0.2) is 5.84 Å². The zero-order valence-corrected chi connectivity index (χ0v) is 18.4. The molecule has 2 aromatic carbocycles. The Hall–Kier alpha value is -3.29. The van der Waals surface area contributed by atoms with Crippen LogP contribution in [-0.4, -0.2) is 35.7 Å². The van der Waals surface area contributed by atoms with Crippen LogP contribution in [0, 0.1) is 0 Å². The first-order valence-corrected chi connectivity index (χ1v) is 11.0. The molecule has 0 amide bonds. The van der Waals surface area contributed by atoms with Gasteiger partial charge in [0.05, 0.1) is 18.2 Å². The maximum Gasteiger partial charge on any atom is 0.307 e. The minimum Gasteiger partial charge on any atom is -0.481 e. The van der Waals surface area contributed by atoms with E-state index in [1.54, 1.807) is 5.01 Å². The molecular weight excluding hydrogens is 402 g/mol. The number of hydrogen-bond acceptors (Lipinski definition) is 6. The van der Waals surface area contributed by atoms with Gasteiger partial charge in [0.15, 0.2) is 0 Å². The summed E-state index contributed by atoms with van der Waals surface area (Å²) in [6, 6.07) is 14.1. The molecule has 7 N–H and O–H groups in total. The van der Waals surface area contributed by atoms with Crippen molar-refractivity contribution in [3.63, 3.8) is 0 Å². The van der Waals surface area contributed by atoms with Crippen molar-refractivity contribution in [3.05, 3.63) is 76.5 Å². The van der Waals surface area contributed by atoms with Crippen LogP contribution in [0.4, 0.5) is 5.69 Å². The quantitative estimate of drug-likeness (QED) is 0.460. The van der Waals surface area contributed by atoms with Crippen molar-refractivity contribution in [3.8, 4) is 0 Å². The average Bonchev–Trinajstić information content (AvgIpc) is 2.90. The number of nitrogens with one attached hydrogen (secondary N) is 2. The van der Waals surface area contributed by atoms with E-state index in [-0.39, 0.29) is 12.5 Å². The van der Waals surface area contributed by atoms with E-state index in [1.165, 1.54) is 11.1 Å². The van der Waals surface area contributed by atoms with Gasteiger partial charge in [-0.2, -0.15) is 0 Å². The van der Waals surface area contributed by atoms with Crippen LogP contribution in [0.25, 0.3) is 11.3 Å². The molecule has 0 aliphatic carbocycles. The van der Waals surface area contributed by atoms with E-state index in [2.05, 4.69) is 34.9 Å². The van der Waals surface area contributed by atoms with E-state index >= 15 is 0 Å². The number of carboxylic acids is 1. The van der Waals surface area contributed by atoms with Gasteiger partial charge in [-0.1, -0.05) is 30.3 Å². The van der Waals surface area contributed by atoms with E-state index in [1.807, 2.05) is 31.2 Å². The van der Waals surface area contributed by atoms with Crippen LogP contribution in [-0.2, 0) is 11.2 Å². The van der Waals surface area contributed by atoms with Gasteiger partial charge in [-0.3, -0.25) is 4.79 Å². The van der Waals surface area contributed by atoms with Crippen molar-refractivity contribution in [2.45, 2.75) is 32.2 Å². The Kier molecular flexibility index (Phi) is 6.48. The number of anilines is 1. The van der Waals surface area contributed by atoms with Gasteiger partial charge in [-0.05, 0) is 66.8 Å². The number of hydrazine groups is 1. The fraction of sp³-hybridized carbons (Fsp3) is 0.320. The molecule has 32 heavy (non-hydrogen) atoms. The van der Waals surface area contributed by atoms with Crippen LogP contribution in [0.2, 0.25) is 0 Å². The largest absolute Gasteiger partial charge is 0.481 e. The number of carbonyl (C=O) groups is 1. The van der Waals surface area contributed by atoms with Crippen molar-refractivity contribution in [2.75, 3.05) is 25.0 Å². The monoisotopic (exact) mass is 433 g/mol. The summed E-state index contributed by atoms with van der Waals surface area (Å²) >= 11 is 0. The first kappa shape index (κ1) is 21.9. The van der Waals surface area contributed by atoms with E-state index in [0.29, 0.717) is 12.2 Å². The van der Waals surface area contributed by atoms with Crippen LogP contribution >= 0.6 is 0 Å². The maximum atomic E-state index is 11.1. The van der Waals surface area contributed by atoms with Gasteiger partial charge in [0.1, 0.15) is 0 Å². The number of allylic oxidation sites excluding steroid dienone is 1. The molecule has 2 aliphatic rings. The van der Waals surface area contributed by atoms with Crippen molar-refractivity contribution in [1.29, 1.82) is 0 Å². The normalized spacial score (nSPS) is 20.1. The van der Waals surface area contributed by atoms with Gasteiger partial charge in [0.25, 0.3) is 0 Å². The number of nitrogens with zero attached hydrogens (tertiary/aromatic N) is 1. The molecule has 4 rings (SSSR count). The summed E-state index contributed by atoms with van der Waals surface area (Å²) in [5.74, 6) is 5.55. The zero-order chi connectivity index (χ0) is 22.7. The molecule has 7 nitrogen and oxygen atoms in total. The van der Waals surface area contributed by atoms with E-state index in [0.717, 1.165) is 54.0 Å². The van der Waals surface area contributed by atoms with Gasteiger partial charge in [0.2, 0.25) is 0 Å². The predicted molar refractivity (Wildman–Crippen MR) is 128 cm³/mol. The third-order valence-corrected chi connectivity index (χ3v) is 6.06. The topological polar surface area (TPSA) is 117 Å². The van der Waals surface area contributed by atoms with Crippen molar-refractivity contribution >= 4 is 22.9 Å². The van der Waals surface area contributed by atoms with Crippen molar-refractivity contribution < 1.29 is 9.90 Å². The zero-order valence-electron chi connectivity index (χ0n) is 18.4. The Bertz CT molecular complexity index is 1070. The number of benzene rings is 2. The molecule has 0 radical (unpaired) electrons. The number of aliphatic carboxylic acids is 1. The number of rotatable bonds is 5. The molecule has 2 heterocycles. The minimum atomic E-state index is -0.839. The molecular formula is C25H31N5O2. The number of hydrogen-bond donors (Lipinski definition) is 5. The van der Waals surface area contributed by atoms with Crippen LogP contribution in [0.5, 0.6) is 0 Å². The summed E-state index contributed by atoms with van der Waals surface area (Å²) in [6.45, 7) is 4.39. The Morgan fingerprint density at radius 1 is 1.28 bits per heavy atom. The summed E-state index contributed by atoms with van der Waals surface area (Å²) < 4.78 is 0. The first-order valence-electron chi connectivity index (χ1n) is 11.0. The highest BCUT2D eigenvalue weighted by Crippen LogP contribution is 2.37. The molecule has 2 aromatic rings. The van der Waals surface area contributed by atoms with E-state index < -0.39 is 5.97 Å². The van der Waals surface area contributed by atoms with Crippen LogP contribution in [0.1, 0.15) is 48.1 Å². The molecule has 0 spiro atoms. The number of nitrogens with two attached hydrogens (primary N) is 2. The highest BCUT2D eigenvalue weighted by molar-refractivity contribution is 5.75. The lowest BCUT2D eigenvalue weighted by atomic mass is 9.91. The molecule has 0 fully saturated rings. The summed E-state index contributed by atoms with van der Waals surface area (Å²) in [4.78, 5) is 11.1. The number of fused-ring (bicyclic) bond motifs is 1. The summed E-state index contributed by atoms with van der Waals surface area (Å²) in [5.41, 5.74) is 14.2. The molecule has 2 aliphatic heterocycles. The molecule has 0 bridgehead atoms. The third-order valence-electron chi connectivity index (χ3n) is 6.06. The smallest absolute Gasteiger partial charge is 0.307 e. The van der Waals surface area contributed by atoms with Gasteiger partial charge < -0.3 is 26.5 Å². The second kappa shape index (κ2) is 9.46. The van der Waals surface area contributed by atoms with Gasteiger partial charge in [0, 0.05) is 30.0 Å². The van der Waals surface area contributed by atoms with Crippen LogP contribution in [0.15, 0.2) is 54.2 Å². The SMILES string of the molecule is C/C(N)=C1\c2ccc(C3=CCNCC3)cc2C(Nc2cccc(CC(=O)O)c2)CCN1N. The van der Waals surface area contributed by atoms with Crippen LogP contribution < -0.4 is 22.2 Å². The lowest BCUT2D eigenvalue weighted by Crippen LogP contribution is -2.31. The fourth-order valence-electron chi connectivity index (χ4n) is 4.58. The fourth-order valence-corrected chi connectivity index (χ4v) is 4.58. The minimum absolute atomic E-state index is 0.00105. The molecule has 0 saturated carbocycles. The predicted octanol–water partition coefficient (Wildman–Crippen LogP) is 3.07. The van der Waals surface area contributed by atoms with E-state index in [4.69, 9.17) is 16.7 Å². The lowest BCUT2D eigenvalue weighted by Gasteiger charge is -2.23. The standard InChI is InChI=1S/C25H31N5O2/c1-16(26)25-21-6-5-19(18-7-10-28-11-8-18)15-22(21)23(9-12-30(25)27)29-20-4-2-3-17(13-20)14-24(31)32/h2-7,13,15,23,28-29H,8-12,14,26-27H2,1H3,(H,31,32)/b25-16-. The molecule has 1 unspecified atom stereocenters. The summed E-state index contributed by atoms with van der Waals surface area (Å²) in [7, 11) is 0. The average molecular weight is 434 g/mol. The molecule has 0 aromatic heterocycles. The Morgan fingerprint density at radius 3 is 2.84 bits per heavy atom. The Labute approximate surface area is 188 Å². The van der Waals surface area contributed by atoms with Crippen LogP contribution in [0.3, 0.4) is 0 Å². The third kappa shape index (κ3) is 4.79. The van der Waals surface area contributed by atoms with Gasteiger partial charge in [-0.15, -0.1) is 0 Å². The Balaban J connectivity index is 1.75. The molecule has 1 atom stereocenters. The van der Waals surface area contributed by atoms with E-state index in [9.17, 15) is 4.79 Å². The lowest BCUT2D eigenvalue weighted by molar-refractivity contribution is -0.136. The summed E-state index contributed by atoms with van der Waals surface area (Å²) in [5, 5.41) is 17.9. The van der Waals surface area contributed by atoms with Crippen molar-refractivity contribution in [1.82, 2.24) is 10.3 Å². The van der Waals surface area contributed by atoms with Crippen molar-refractivity contribution in [2.24, 2.45) is 11.6 Å². The summed E-state index contributed by atoms with van der Waals surface area (Å²) in [6.07, 6.45) is 4.03. The Morgan fingerprint density at radius 2 is 2.12 bits per heavy atom. The maximum absolute atomic E-state index is 11.1. The first-order chi connectivity index (χ1) is 15.4. The number of carboxylic acid groups (broad SMARTS) is 1. The second-order valence-electron chi connectivity index (χ2n) is 8.47. The second-order valence-corrected chi connectivity index (χ2v) is 8.47. The molecule has 7 heteroatoms. The highest BCUT2D eigenvalue weighted by Gasteiger charge is 2.26. The van der Waals surface area contributed by atoms with Gasteiger partial charge >= 0.3 is 5.97 Å².